The average Bonchev–Trinajstić information content (AvgIpc) is 2.54. The van der Waals surface area contributed by atoms with Crippen LogP contribution < -0.4 is 11.5 Å². The van der Waals surface area contributed by atoms with Crippen LogP contribution in [-0.4, -0.2) is 11.6 Å². The molecule has 4 N–H and O–H groups in total. The Bertz CT molecular complexity index is 867. The third kappa shape index (κ3) is 2.75. The third-order valence-electron chi connectivity index (χ3n) is 3.48. The zero-order valence-corrected chi connectivity index (χ0v) is 13.8. The molecule has 2 rings (SSSR count). The van der Waals surface area contributed by atoms with Crippen LogP contribution >= 0.6 is 15.9 Å². The quantitative estimate of drug-likeness (QED) is 0.822. The fraction of sp³-hybridized carbons (Fsp3) is 0.125. The largest absolute Gasteiger partial charge is 0.404 e. The van der Waals surface area contributed by atoms with E-state index in [0.29, 0.717) is 21.2 Å². The molecule has 1 atom stereocenters. The summed E-state index contributed by atoms with van der Waals surface area (Å²) in [6.45, 7) is 1.32. The number of rotatable bonds is 2. The second-order valence-corrected chi connectivity index (χ2v) is 5.60. The maximum absolute atomic E-state index is 11.8. The van der Waals surface area contributed by atoms with Crippen LogP contribution in [0.5, 0.6) is 0 Å². The Morgan fingerprint density at radius 2 is 2.09 bits per heavy atom. The van der Waals surface area contributed by atoms with Crippen molar-refractivity contribution in [1.29, 1.82) is 10.5 Å². The molecular weight excluding hydrogens is 358 g/mol. The van der Waals surface area contributed by atoms with E-state index in [4.69, 9.17) is 11.5 Å². The Hall–Kier alpha value is -2.90. The van der Waals surface area contributed by atoms with Gasteiger partial charge in [-0.2, -0.15) is 10.5 Å². The van der Waals surface area contributed by atoms with Gasteiger partial charge in [-0.25, -0.2) is 4.99 Å². The number of nitriles is 2. The molecule has 0 aliphatic carbocycles. The van der Waals surface area contributed by atoms with E-state index in [1.54, 1.807) is 18.2 Å². The molecule has 1 unspecified atom stereocenters. The van der Waals surface area contributed by atoms with E-state index in [2.05, 4.69) is 27.0 Å². The first-order valence-electron chi connectivity index (χ1n) is 6.56. The summed E-state index contributed by atoms with van der Waals surface area (Å²) in [6.07, 6.45) is 1.27. The molecule has 6 nitrogen and oxygen atoms in total. The standard InChI is InChI=1S/C16H12BrN5O/c1-8(23)15-11(6-19)13(12(7-20)16(21)22-15)10-4-2-3-9(5-18)14(10)17/h2-4,7,13H,20H2,1H3,(H2,21,22)/b12-7-. The minimum atomic E-state index is -0.663. The van der Waals surface area contributed by atoms with Crippen LogP contribution in [0.25, 0.3) is 0 Å². The van der Waals surface area contributed by atoms with E-state index in [1.807, 2.05) is 6.07 Å². The van der Waals surface area contributed by atoms with Crippen LogP contribution in [0.1, 0.15) is 24.0 Å². The summed E-state index contributed by atoms with van der Waals surface area (Å²) in [5.74, 6) is -0.946. The molecule has 1 aromatic rings. The van der Waals surface area contributed by atoms with Gasteiger partial charge in [0.05, 0.1) is 23.1 Å². The van der Waals surface area contributed by atoms with Crippen LogP contribution in [-0.2, 0) is 4.79 Å². The zero-order valence-electron chi connectivity index (χ0n) is 12.2. The van der Waals surface area contributed by atoms with Crippen molar-refractivity contribution in [2.75, 3.05) is 0 Å². The molecule has 1 aromatic carbocycles. The van der Waals surface area contributed by atoms with Crippen LogP contribution in [0, 0.1) is 22.7 Å². The fourth-order valence-corrected chi connectivity index (χ4v) is 3.02. The molecule has 0 saturated carbocycles. The van der Waals surface area contributed by atoms with Crippen molar-refractivity contribution in [2.45, 2.75) is 12.8 Å². The van der Waals surface area contributed by atoms with Gasteiger partial charge in [0, 0.05) is 23.2 Å². The molecule has 1 aliphatic rings. The normalized spacial score (nSPS) is 19.0. The molecule has 23 heavy (non-hydrogen) atoms. The number of Topliss-reactive ketones (excluding diaryl/α,β-unsaturated/α-hetero) is 1. The maximum Gasteiger partial charge on any atom is 0.179 e. The minimum Gasteiger partial charge on any atom is -0.404 e. The summed E-state index contributed by atoms with van der Waals surface area (Å²) in [4.78, 5) is 15.8. The lowest BCUT2D eigenvalue weighted by atomic mass is 9.81. The summed E-state index contributed by atoms with van der Waals surface area (Å²) in [6, 6.07) is 9.16. The van der Waals surface area contributed by atoms with Gasteiger partial charge in [0.25, 0.3) is 0 Å². The number of hydrogen-bond donors (Lipinski definition) is 2. The molecular formula is C16H12BrN5O. The van der Waals surface area contributed by atoms with Gasteiger partial charge < -0.3 is 11.5 Å². The first kappa shape index (κ1) is 16.5. The number of hydrogen-bond acceptors (Lipinski definition) is 6. The molecule has 114 valence electrons. The maximum atomic E-state index is 11.8. The van der Waals surface area contributed by atoms with Gasteiger partial charge in [-0.05, 0) is 27.6 Å². The molecule has 0 bridgehead atoms. The number of carbonyl (C=O) groups excluding carboxylic acids is 1. The summed E-state index contributed by atoms with van der Waals surface area (Å²) >= 11 is 3.38. The van der Waals surface area contributed by atoms with Crippen molar-refractivity contribution >= 4 is 27.5 Å². The molecule has 0 spiro atoms. The molecule has 7 heteroatoms. The fourth-order valence-electron chi connectivity index (χ4n) is 2.43. The van der Waals surface area contributed by atoms with E-state index in [9.17, 15) is 15.3 Å². The summed E-state index contributed by atoms with van der Waals surface area (Å²) in [7, 11) is 0. The lowest BCUT2D eigenvalue weighted by molar-refractivity contribution is -0.113. The van der Waals surface area contributed by atoms with Gasteiger partial charge in [-0.1, -0.05) is 12.1 Å². The van der Waals surface area contributed by atoms with Gasteiger partial charge in [-0.15, -0.1) is 0 Å². The van der Waals surface area contributed by atoms with E-state index in [-0.39, 0.29) is 22.9 Å². The number of nitrogens with zero attached hydrogens (tertiary/aromatic N) is 3. The highest BCUT2D eigenvalue weighted by atomic mass is 79.9. The average molecular weight is 370 g/mol. The smallest absolute Gasteiger partial charge is 0.179 e. The second kappa shape index (κ2) is 6.47. The zero-order chi connectivity index (χ0) is 17.1. The van der Waals surface area contributed by atoms with Gasteiger partial charge in [0.1, 0.15) is 17.6 Å². The number of carbonyl (C=O) groups is 1. The van der Waals surface area contributed by atoms with E-state index < -0.39 is 5.92 Å². The van der Waals surface area contributed by atoms with Crippen molar-refractivity contribution < 1.29 is 4.79 Å². The van der Waals surface area contributed by atoms with Gasteiger partial charge in [-0.3, -0.25) is 4.79 Å². The Labute approximate surface area is 141 Å². The molecule has 0 radical (unpaired) electrons. The van der Waals surface area contributed by atoms with Crippen molar-refractivity contribution in [2.24, 2.45) is 16.5 Å². The predicted molar refractivity (Wildman–Crippen MR) is 88.8 cm³/mol. The molecule has 0 fully saturated rings. The van der Waals surface area contributed by atoms with Crippen molar-refractivity contribution in [1.82, 2.24) is 0 Å². The van der Waals surface area contributed by atoms with Gasteiger partial charge in [0.2, 0.25) is 0 Å². The van der Waals surface area contributed by atoms with Gasteiger partial charge in [0.15, 0.2) is 5.78 Å². The minimum absolute atomic E-state index is 0.00913. The summed E-state index contributed by atoms with van der Waals surface area (Å²) in [5.41, 5.74) is 13.2. The third-order valence-corrected chi connectivity index (χ3v) is 4.36. The number of nitrogens with two attached hydrogens (primary N) is 2. The number of halogens is 1. The number of allylic oxidation sites excluding steroid dienone is 2. The Morgan fingerprint density at radius 3 is 2.61 bits per heavy atom. The molecule has 0 saturated heterocycles. The van der Waals surface area contributed by atoms with Crippen LogP contribution in [0.15, 0.2) is 50.7 Å². The number of ketones is 1. The predicted octanol–water partition coefficient (Wildman–Crippen LogP) is 1.98. The van der Waals surface area contributed by atoms with E-state index in [1.165, 1.54) is 13.1 Å². The Morgan fingerprint density at radius 1 is 1.39 bits per heavy atom. The highest BCUT2D eigenvalue weighted by Gasteiger charge is 2.33. The first-order valence-corrected chi connectivity index (χ1v) is 7.35. The first-order chi connectivity index (χ1) is 11.0. The molecule has 0 amide bonds. The number of benzene rings is 1. The van der Waals surface area contributed by atoms with Crippen LogP contribution in [0.4, 0.5) is 0 Å². The van der Waals surface area contributed by atoms with Crippen LogP contribution in [0.3, 0.4) is 0 Å². The Balaban J connectivity index is 2.82. The summed E-state index contributed by atoms with van der Waals surface area (Å²) in [5, 5.41) is 18.7. The number of amidine groups is 1. The molecule has 1 heterocycles. The lowest BCUT2D eigenvalue weighted by Gasteiger charge is -2.26. The van der Waals surface area contributed by atoms with Crippen molar-refractivity contribution in [3.8, 4) is 12.1 Å². The second-order valence-electron chi connectivity index (χ2n) is 4.80. The van der Waals surface area contributed by atoms with Crippen molar-refractivity contribution in [3.63, 3.8) is 0 Å². The highest BCUT2D eigenvalue weighted by molar-refractivity contribution is 9.10. The Kier molecular flexibility index (Phi) is 4.63. The van der Waals surface area contributed by atoms with E-state index >= 15 is 0 Å². The van der Waals surface area contributed by atoms with Crippen molar-refractivity contribution in [3.05, 3.63) is 56.8 Å². The highest BCUT2D eigenvalue weighted by Crippen LogP contribution is 2.40. The number of aliphatic imine (C=N–C) groups is 1. The van der Waals surface area contributed by atoms with E-state index in [0.717, 1.165) is 0 Å². The molecule has 1 aliphatic heterocycles. The molecule has 0 aromatic heterocycles. The monoisotopic (exact) mass is 369 g/mol. The van der Waals surface area contributed by atoms with Gasteiger partial charge >= 0.3 is 0 Å². The summed E-state index contributed by atoms with van der Waals surface area (Å²) < 4.78 is 0.525. The topological polar surface area (TPSA) is 129 Å². The lowest BCUT2D eigenvalue weighted by Crippen LogP contribution is -2.28. The van der Waals surface area contributed by atoms with Crippen LogP contribution in [0.2, 0.25) is 0 Å². The SMILES string of the molecule is CC(=O)C1=C(C#N)C(c2cccc(C#N)c2Br)/C(=C/N)C(N)=N1.